The zero-order valence-electron chi connectivity index (χ0n) is 12.4. The third kappa shape index (κ3) is 3.36. The molecule has 0 fully saturated rings. The topological polar surface area (TPSA) is 12.5 Å². The van der Waals surface area contributed by atoms with Crippen LogP contribution in [0.2, 0.25) is 10.0 Å². The Labute approximate surface area is 147 Å². The van der Waals surface area contributed by atoms with Gasteiger partial charge in [-0.05, 0) is 43.8 Å². The highest BCUT2D eigenvalue weighted by molar-refractivity contribution is 6.42. The van der Waals surface area contributed by atoms with Crippen molar-refractivity contribution in [1.29, 1.82) is 0 Å². The quantitative estimate of drug-likeness (QED) is 0.763. The summed E-state index contributed by atoms with van der Waals surface area (Å²) in [5, 5.41) is 1.06. The second kappa shape index (κ2) is 7.10. The summed E-state index contributed by atoms with van der Waals surface area (Å²) in [7, 11) is 4.17. The molecule has 0 spiro atoms. The molecule has 5 heteroatoms. The van der Waals surface area contributed by atoms with Gasteiger partial charge in [0.2, 0.25) is 0 Å². The molecule has 3 rings (SSSR count). The minimum atomic E-state index is 0. The summed E-state index contributed by atoms with van der Waals surface area (Å²) in [4.78, 5) is 2.21. The zero-order chi connectivity index (χ0) is 15.0. The lowest BCUT2D eigenvalue weighted by atomic mass is 10.1. The van der Waals surface area contributed by atoms with Gasteiger partial charge in [-0.3, -0.25) is 0 Å². The number of hydrogen-bond acceptors (Lipinski definition) is 2. The number of fused-ring (bicyclic) bond motifs is 1. The van der Waals surface area contributed by atoms with E-state index in [2.05, 4.69) is 43.3 Å². The van der Waals surface area contributed by atoms with Gasteiger partial charge in [0.1, 0.15) is 11.9 Å². The second-order valence-electron chi connectivity index (χ2n) is 5.55. The molecule has 0 bridgehead atoms. The van der Waals surface area contributed by atoms with Crippen molar-refractivity contribution in [3.63, 3.8) is 0 Å². The summed E-state index contributed by atoms with van der Waals surface area (Å²) < 4.78 is 6.23. The van der Waals surface area contributed by atoms with Crippen LogP contribution in [0, 0.1) is 0 Å². The molecule has 0 heterocycles. The van der Waals surface area contributed by atoms with E-state index in [9.17, 15) is 0 Å². The average Bonchev–Trinajstić information content (AvgIpc) is 2.82. The Kier molecular flexibility index (Phi) is 5.62. The van der Waals surface area contributed by atoms with E-state index in [1.807, 2.05) is 6.07 Å². The molecule has 2 nitrogen and oxygen atoms in total. The van der Waals surface area contributed by atoms with Crippen molar-refractivity contribution in [2.45, 2.75) is 18.6 Å². The summed E-state index contributed by atoms with van der Waals surface area (Å²) in [5.41, 5.74) is 2.60. The first kappa shape index (κ1) is 17.4. The Balaban J connectivity index is 0.00000176. The van der Waals surface area contributed by atoms with Crippen LogP contribution in [0.3, 0.4) is 0 Å². The van der Waals surface area contributed by atoms with Crippen molar-refractivity contribution in [2.24, 2.45) is 0 Å². The third-order valence-electron chi connectivity index (χ3n) is 3.96. The number of halogens is 3. The van der Waals surface area contributed by atoms with Gasteiger partial charge in [0.05, 0.1) is 16.1 Å². The number of benzene rings is 2. The first-order chi connectivity index (χ1) is 10.1. The molecule has 118 valence electrons. The summed E-state index contributed by atoms with van der Waals surface area (Å²) >= 11 is 12.0. The molecular weight excluding hydrogens is 341 g/mol. The van der Waals surface area contributed by atoms with E-state index in [-0.39, 0.29) is 18.5 Å². The first-order valence-corrected chi connectivity index (χ1v) is 7.68. The molecule has 0 saturated carbocycles. The minimum Gasteiger partial charge on any atom is -0.484 e. The van der Waals surface area contributed by atoms with Crippen molar-refractivity contribution in [1.82, 2.24) is 4.90 Å². The van der Waals surface area contributed by atoms with Gasteiger partial charge in [-0.15, -0.1) is 12.4 Å². The van der Waals surface area contributed by atoms with Crippen LogP contribution < -0.4 is 4.74 Å². The largest absolute Gasteiger partial charge is 0.484 e. The Bertz CT molecular complexity index is 660. The van der Waals surface area contributed by atoms with Gasteiger partial charge < -0.3 is 9.64 Å². The molecule has 0 saturated heterocycles. The Hall–Kier alpha value is -0.930. The number of hydrogen-bond donors (Lipinski definition) is 0. The molecule has 2 atom stereocenters. The van der Waals surface area contributed by atoms with Crippen molar-refractivity contribution in [2.75, 3.05) is 14.1 Å². The number of ether oxygens (including phenoxy) is 1. The van der Waals surface area contributed by atoms with E-state index in [0.29, 0.717) is 16.1 Å². The number of rotatable bonds is 3. The lowest BCUT2D eigenvalue weighted by Gasteiger charge is -2.27. The van der Waals surface area contributed by atoms with Crippen LogP contribution in [-0.4, -0.2) is 25.0 Å². The van der Waals surface area contributed by atoms with Crippen LogP contribution in [0.4, 0.5) is 0 Å². The molecule has 22 heavy (non-hydrogen) atoms. The van der Waals surface area contributed by atoms with Crippen LogP contribution in [0.5, 0.6) is 5.75 Å². The molecule has 0 aromatic heterocycles. The van der Waals surface area contributed by atoms with Crippen molar-refractivity contribution < 1.29 is 4.74 Å². The van der Waals surface area contributed by atoms with E-state index in [1.165, 1.54) is 11.1 Å². The molecule has 2 aromatic rings. The molecule has 2 aromatic carbocycles. The predicted molar refractivity (Wildman–Crippen MR) is 94.7 cm³/mol. The second-order valence-corrected chi connectivity index (χ2v) is 6.36. The highest BCUT2D eigenvalue weighted by Crippen LogP contribution is 2.38. The first-order valence-electron chi connectivity index (χ1n) is 6.92. The highest BCUT2D eigenvalue weighted by atomic mass is 35.5. The van der Waals surface area contributed by atoms with Crippen LogP contribution in [-0.2, 0) is 6.42 Å². The van der Waals surface area contributed by atoms with Gasteiger partial charge in [-0.25, -0.2) is 0 Å². The van der Waals surface area contributed by atoms with Crippen LogP contribution in [0.15, 0.2) is 42.5 Å². The van der Waals surface area contributed by atoms with Gasteiger partial charge in [0.25, 0.3) is 0 Å². The van der Waals surface area contributed by atoms with Crippen LogP contribution in [0.25, 0.3) is 0 Å². The maximum Gasteiger partial charge on any atom is 0.140 e. The van der Waals surface area contributed by atoms with Crippen molar-refractivity contribution in [3.05, 3.63) is 63.6 Å². The predicted octanol–water partition coefficient (Wildman–Crippen LogP) is 5.02. The van der Waals surface area contributed by atoms with Gasteiger partial charge in [-0.2, -0.15) is 0 Å². The molecule has 0 N–H and O–H groups in total. The number of likely N-dealkylation sites (N-methyl/N-ethyl adjacent to an activating group) is 1. The van der Waals surface area contributed by atoms with Crippen molar-refractivity contribution >= 4 is 35.6 Å². The summed E-state index contributed by atoms with van der Waals surface area (Å²) in [5.74, 6) is 0.748. The summed E-state index contributed by atoms with van der Waals surface area (Å²) in [6, 6.07) is 14.2. The monoisotopic (exact) mass is 357 g/mol. The smallest absolute Gasteiger partial charge is 0.140 e. The molecule has 0 radical (unpaired) electrons. The fourth-order valence-corrected chi connectivity index (χ4v) is 3.12. The maximum atomic E-state index is 6.23. The Morgan fingerprint density at radius 2 is 1.77 bits per heavy atom. The van der Waals surface area contributed by atoms with Crippen molar-refractivity contribution in [3.8, 4) is 5.75 Å². The van der Waals surface area contributed by atoms with E-state index in [1.54, 1.807) is 12.1 Å². The maximum absolute atomic E-state index is 6.23. The molecule has 1 aliphatic rings. The number of nitrogens with zero attached hydrogens (tertiary/aromatic N) is 1. The van der Waals surface area contributed by atoms with Crippen LogP contribution in [0.1, 0.15) is 17.2 Å². The molecule has 0 amide bonds. The lowest BCUT2D eigenvalue weighted by molar-refractivity contribution is 0.111. The summed E-state index contributed by atoms with van der Waals surface area (Å²) in [6.07, 6.45) is 1.00. The van der Waals surface area contributed by atoms with Gasteiger partial charge in [-0.1, -0.05) is 47.5 Å². The minimum absolute atomic E-state index is 0. The molecule has 2 unspecified atom stereocenters. The van der Waals surface area contributed by atoms with Gasteiger partial charge >= 0.3 is 0 Å². The zero-order valence-corrected chi connectivity index (χ0v) is 14.8. The fourth-order valence-electron chi connectivity index (χ4n) is 2.83. The third-order valence-corrected chi connectivity index (χ3v) is 4.70. The van der Waals surface area contributed by atoms with Gasteiger partial charge in [0, 0.05) is 6.07 Å². The molecule has 0 aliphatic heterocycles. The Morgan fingerprint density at radius 1 is 1.05 bits per heavy atom. The van der Waals surface area contributed by atoms with E-state index in [0.717, 1.165) is 12.2 Å². The SMILES string of the molecule is CN(C)C1Cc2ccccc2C1Oc1ccc(Cl)c(Cl)c1.Cl. The molecule has 1 aliphatic carbocycles. The van der Waals surface area contributed by atoms with E-state index < -0.39 is 0 Å². The van der Waals surface area contributed by atoms with E-state index >= 15 is 0 Å². The van der Waals surface area contributed by atoms with E-state index in [4.69, 9.17) is 27.9 Å². The van der Waals surface area contributed by atoms with Crippen LogP contribution >= 0.6 is 35.6 Å². The standard InChI is InChI=1S/C17H17Cl2NO.ClH/c1-20(2)16-9-11-5-3-4-6-13(11)17(16)21-12-7-8-14(18)15(19)10-12;/h3-8,10,16-17H,9H2,1-2H3;1H. The lowest BCUT2D eigenvalue weighted by Crippen LogP contribution is -2.34. The highest BCUT2D eigenvalue weighted by Gasteiger charge is 2.35. The normalized spacial score (nSPS) is 19.7. The average molecular weight is 359 g/mol. The summed E-state index contributed by atoms with van der Waals surface area (Å²) in [6.45, 7) is 0. The molecular formula is C17H18Cl3NO. The Morgan fingerprint density at radius 3 is 2.45 bits per heavy atom. The van der Waals surface area contributed by atoms with Gasteiger partial charge in [0.15, 0.2) is 0 Å². The fraction of sp³-hybridized carbons (Fsp3) is 0.294.